The maximum Gasteiger partial charge on any atom is 0.335 e. The van der Waals surface area contributed by atoms with Crippen LogP contribution in [0.1, 0.15) is 24.8 Å². The van der Waals surface area contributed by atoms with Crippen molar-refractivity contribution in [3.8, 4) is 0 Å². The zero-order valence-corrected chi connectivity index (χ0v) is 12.6. The topological polar surface area (TPSA) is 35.5 Å². The van der Waals surface area contributed by atoms with E-state index in [-0.39, 0.29) is 5.82 Å². The third kappa shape index (κ3) is 6.89. The minimum Gasteiger partial charge on any atom is -0.382 e. The van der Waals surface area contributed by atoms with Gasteiger partial charge in [0.1, 0.15) is 11.2 Å². The van der Waals surface area contributed by atoms with Crippen LogP contribution in [0.4, 0.5) is 4.39 Å². The van der Waals surface area contributed by atoms with Gasteiger partial charge in [0.15, 0.2) is 16.3 Å². The highest BCUT2D eigenvalue weighted by Gasteiger charge is 2.15. The molecular formula is C13H15BrClFO3. The fourth-order valence-electron chi connectivity index (χ4n) is 1.46. The average molecular weight is 354 g/mol. The van der Waals surface area contributed by atoms with E-state index < -0.39 is 11.3 Å². The Balaban J connectivity index is 2.05. The van der Waals surface area contributed by atoms with Crippen molar-refractivity contribution in [2.24, 2.45) is 0 Å². The van der Waals surface area contributed by atoms with Crippen LogP contribution in [0, 0.1) is 5.82 Å². The van der Waals surface area contributed by atoms with Crippen molar-refractivity contribution >= 4 is 33.8 Å². The first kappa shape index (κ1) is 16.4. The van der Waals surface area contributed by atoms with Gasteiger partial charge in [-0.2, -0.15) is 0 Å². The predicted molar refractivity (Wildman–Crippen MR) is 74.6 cm³/mol. The highest BCUT2D eigenvalue weighted by molar-refractivity contribution is 9.06. The molecule has 0 N–H and O–H groups in total. The summed E-state index contributed by atoms with van der Waals surface area (Å²) in [5, 5.41) is -0.628. The van der Waals surface area contributed by atoms with Gasteiger partial charge >= 0.3 is 5.97 Å². The van der Waals surface area contributed by atoms with E-state index in [1.54, 1.807) is 12.1 Å². The van der Waals surface area contributed by atoms with Crippen molar-refractivity contribution in [1.29, 1.82) is 0 Å². The molecule has 19 heavy (non-hydrogen) atoms. The Morgan fingerprint density at radius 3 is 2.63 bits per heavy atom. The number of benzene rings is 1. The van der Waals surface area contributed by atoms with Gasteiger partial charge in [0, 0.05) is 6.61 Å². The monoisotopic (exact) mass is 352 g/mol. The third-order valence-corrected chi connectivity index (χ3v) is 3.23. The van der Waals surface area contributed by atoms with Crippen molar-refractivity contribution in [2.75, 3.05) is 6.61 Å². The maximum absolute atomic E-state index is 12.7. The van der Waals surface area contributed by atoms with E-state index in [0.717, 1.165) is 18.4 Å². The molecule has 0 heterocycles. The Kier molecular flexibility index (Phi) is 8.02. The molecule has 0 saturated heterocycles. The molecule has 1 aromatic rings. The summed E-state index contributed by atoms with van der Waals surface area (Å²) >= 11 is 8.37. The van der Waals surface area contributed by atoms with Gasteiger partial charge in [-0.25, -0.2) is 9.18 Å². The van der Waals surface area contributed by atoms with Crippen molar-refractivity contribution in [3.05, 3.63) is 35.6 Å². The number of halogens is 3. The number of hydrogen-bond acceptors (Lipinski definition) is 3. The van der Waals surface area contributed by atoms with Gasteiger partial charge in [-0.15, -0.1) is 11.6 Å². The third-order valence-electron chi connectivity index (χ3n) is 2.51. The molecule has 106 valence electrons. The lowest BCUT2D eigenvalue weighted by Crippen LogP contribution is -2.14. The summed E-state index contributed by atoms with van der Waals surface area (Å²) in [6.45, 7) is 1.03. The quantitative estimate of drug-likeness (QED) is 0.524. The van der Waals surface area contributed by atoms with Gasteiger partial charge in [-0.3, -0.25) is 0 Å². The molecule has 0 aliphatic heterocycles. The van der Waals surface area contributed by atoms with Crippen LogP contribution >= 0.6 is 27.9 Å². The number of unbranched alkanes of at least 4 members (excludes halogenated alkanes) is 1. The number of hydrogen-bond donors (Lipinski definition) is 0. The summed E-state index contributed by atoms with van der Waals surface area (Å²) in [6, 6.07) is 6.19. The van der Waals surface area contributed by atoms with Crippen molar-refractivity contribution < 1.29 is 17.8 Å². The van der Waals surface area contributed by atoms with Gasteiger partial charge in [0.2, 0.25) is 0 Å². The van der Waals surface area contributed by atoms with Crippen molar-refractivity contribution in [3.63, 3.8) is 0 Å². The summed E-state index contributed by atoms with van der Waals surface area (Å²) in [4.78, 5) is 11.0. The molecule has 1 unspecified atom stereocenters. The summed E-state index contributed by atoms with van der Waals surface area (Å²) in [5.41, 5.74) is 0.930. The Labute approximate surface area is 125 Å². The van der Waals surface area contributed by atoms with Gasteiger partial charge in [-0.05, 0) is 37.0 Å². The van der Waals surface area contributed by atoms with Crippen LogP contribution in [0.15, 0.2) is 24.3 Å². The summed E-state index contributed by atoms with van der Waals surface area (Å²) in [5.74, 6) is -0.732. The minimum atomic E-state index is -0.628. The number of ether oxygens (including phenoxy) is 1. The maximum atomic E-state index is 12.7. The fourth-order valence-corrected chi connectivity index (χ4v) is 2.00. The first-order chi connectivity index (χ1) is 9.13. The zero-order valence-electron chi connectivity index (χ0n) is 10.3. The summed E-state index contributed by atoms with van der Waals surface area (Å²) < 4.78 is 22.4. The largest absolute Gasteiger partial charge is 0.382 e. The van der Waals surface area contributed by atoms with E-state index in [1.165, 1.54) is 12.1 Å². The number of rotatable bonds is 8. The van der Waals surface area contributed by atoms with E-state index in [4.69, 9.17) is 16.3 Å². The molecule has 0 aromatic heterocycles. The lowest BCUT2D eigenvalue weighted by molar-refractivity contribution is -0.132. The molecule has 0 amide bonds. The molecule has 1 aromatic carbocycles. The van der Waals surface area contributed by atoms with E-state index >= 15 is 0 Å². The van der Waals surface area contributed by atoms with Crippen molar-refractivity contribution in [2.45, 2.75) is 31.2 Å². The summed E-state index contributed by atoms with van der Waals surface area (Å²) in [6.07, 6.45) is 2.13. The molecule has 0 spiro atoms. The second kappa shape index (κ2) is 9.28. The van der Waals surface area contributed by atoms with Gasteiger partial charge < -0.3 is 8.57 Å². The Morgan fingerprint density at radius 1 is 1.32 bits per heavy atom. The lowest BCUT2D eigenvalue weighted by atomic mass is 10.2. The fraction of sp³-hybridized carbons (Fsp3) is 0.462. The van der Waals surface area contributed by atoms with Crippen LogP contribution in [0.3, 0.4) is 0 Å². The molecule has 0 fully saturated rings. The molecule has 0 radical (unpaired) electrons. The van der Waals surface area contributed by atoms with Gasteiger partial charge in [0.25, 0.3) is 0 Å². The second-order valence-electron chi connectivity index (χ2n) is 4.04. The first-order valence-electron chi connectivity index (χ1n) is 5.92. The summed E-state index contributed by atoms with van der Waals surface area (Å²) in [7, 11) is 0. The van der Waals surface area contributed by atoms with Crippen LogP contribution in [-0.2, 0) is 20.0 Å². The highest BCUT2D eigenvalue weighted by Crippen LogP contribution is 2.11. The molecule has 0 bridgehead atoms. The van der Waals surface area contributed by atoms with Crippen LogP contribution in [0.25, 0.3) is 0 Å². The molecule has 1 atom stereocenters. The normalized spacial score (nSPS) is 12.2. The van der Waals surface area contributed by atoms with Crippen LogP contribution in [-0.4, -0.2) is 18.0 Å². The molecule has 6 heteroatoms. The van der Waals surface area contributed by atoms with Crippen LogP contribution in [0.5, 0.6) is 0 Å². The van der Waals surface area contributed by atoms with E-state index in [1.807, 2.05) is 0 Å². The predicted octanol–water partition coefficient (Wildman–Crippen LogP) is 3.97. The van der Waals surface area contributed by atoms with Crippen LogP contribution in [0.2, 0.25) is 0 Å². The number of carbonyl (C=O) groups is 1. The number of alkyl halides is 1. The molecule has 0 saturated carbocycles. The second-order valence-corrected chi connectivity index (χ2v) is 4.89. The Morgan fingerprint density at radius 2 is 2.00 bits per heavy atom. The number of carbonyl (C=O) groups excluding carboxylic acids is 1. The Bertz CT molecular complexity index is 386. The highest BCUT2D eigenvalue weighted by atomic mass is 79.9. The standard InChI is InChI=1S/C13H15BrClFO3/c14-19-13(17)12(15)3-1-2-8-18-9-10-4-6-11(16)7-5-10/h4-7,12H,1-3,8-9H2. The van der Waals surface area contributed by atoms with Crippen LogP contribution < -0.4 is 0 Å². The van der Waals surface area contributed by atoms with Crippen molar-refractivity contribution in [1.82, 2.24) is 0 Å². The molecule has 0 aliphatic carbocycles. The van der Waals surface area contributed by atoms with E-state index in [0.29, 0.717) is 19.6 Å². The molecule has 3 nitrogen and oxygen atoms in total. The molecular weight excluding hydrogens is 338 g/mol. The lowest BCUT2D eigenvalue weighted by Gasteiger charge is -2.06. The first-order valence-corrected chi connectivity index (χ1v) is 7.00. The molecule has 0 aliphatic rings. The van der Waals surface area contributed by atoms with E-state index in [2.05, 4.69) is 20.1 Å². The zero-order chi connectivity index (χ0) is 14.1. The van der Waals surface area contributed by atoms with E-state index in [9.17, 15) is 9.18 Å². The molecule has 1 rings (SSSR count). The Hall–Kier alpha value is -0.650. The van der Waals surface area contributed by atoms with Gasteiger partial charge in [-0.1, -0.05) is 12.1 Å². The minimum absolute atomic E-state index is 0.254. The smallest absolute Gasteiger partial charge is 0.335 e. The SMILES string of the molecule is O=C(OBr)C(Cl)CCCCOCc1ccc(F)cc1. The van der Waals surface area contributed by atoms with Gasteiger partial charge in [0.05, 0.1) is 6.61 Å². The average Bonchev–Trinajstić information content (AvgIpc) is 2.43.